The first-order valence-corrected chi connectivity index (χ1v) is 8.71. The van der Waals surface area contributed by atoms with Crippen LogP contribution in [0.5, 0.6) is 0 Å². The molecule has 2 N–H and O–H groups in total. The maximum atomic E-state index is 12.6. The van der Waals surface area contributed by atoms with Crippen LogP contribution in [0, 0.1) is 6.92 Å². The molecule has 2 aromatic heterocycles. The van der Waals surface area contributed by atoms with Gasteiger partial charge in [-0.25, -0.2) is 0 Å². The zero-order valence-corrected chi connectivity index (χ0v) is 14.7. The minimum Gasteiger partial charge on any atom is -0.480 e. The first-order chi connectivity index (χ1) is 12.9. The van der Waals surface area contributed by atoms with E-state index in [1.54, 1.807) is 42.0 Å². The van der Waals surface area contributed by atoms with Crippen molar-refractivity contribution in [1.29, 1.82) is 0 Å². The number of Topliss-reactive ketones (excluding diaryl/α,β-unsaturated/α-hetero) is 1. The molecule has 0 saturated carbocycles. The van der Waals surface area contributed by atoms with E-state index in [4.69, 9.17) is 9.52 Å². The molecule has 1 aromatic carbocycles. The minimum atomic E-state index is -0.920. The number of furan rings is 1. The summed E-state index contributed by atoms with van der Waals surface area (Å²) in [6.45, 7) is 1.61. The summed E-state index contributed by atoms with van der Waals surface area (Å²) < 4.78 is 7.30. The average Bonchev–Trinajstić information content (AvgIpc) is 3.16. The number of hydrogen-bond donors (Lipinski definition) is 2. The van der Waals surface area contributed by atoms with E-state index in [1.807, 2.05) is 0 Å². The Kier molecular flexibility index (Phi) is 4.07. The second-order valence-corrected chi connectivity index (χ2v) is 6.70. The number of nitrogens with zero attached hydrogens (tertiary/aromatic N) is 1. The maximum Gasteiger partial charge on any atom is 0.323 e. The molecule has 7 nitrogen and oxygen atoms in total. The molecule has 0 bridgehead atoms. The molecule has 1 aliphatic carbocycles. The number of carbonyl (C=O) groups is 3. The third-order valence-electron chi connectivity index (χ3n) is 4.85. The topological polar surface area (TPSA) is 102 Å². The highest BCUT2D eigenvalue weighted by Crippen LogP contribution is 2.30. The first kappa shape index (κ1) is 17.1. The second kappa shape index (κ2) is 6.42. The van der Waals surface area contributed by atoms with Crippen LogP contribution in [0.15, 0.2) is 34.9 Å². The van der Waals surface area contributed by atoms with E-state index in [0.29, 0.717) is 35.4 Å². The lowest BCUT2D eigenvalue weighted by Gasteiger charge is -2.07. The van der Waals surface area contributed by atoms with E-state index in [0.717, 1.165) is 17.3 Å². The SMILES string of the molecule is Cc1c(C(=O)Nc2ccc3c(ccn3CC(=O)O)c2)oc2c1C(=O)CCC2. The molecule has 0 aliphatic heterocycles. The van der Waals surface area contributed by atoms with Crippen molar-refractivity contribution >= 4 is 34.3 Å². The molecule has 27 heavy (non-hydrogen) atoms. The van der Waals surface area contributed by atoms with E-state index in [-0.39, 0.29) is 18.1 Å². The summed E-state index contributed by atoms with van der Waals surface area (Å²) in [5.74, 6) is -0.540. The Labute approximate surface area is 154 Å². The molecule has 1 amide bonds. The molecule has 0 atom stereocenters. The van der Waals surface area contributed by atoms with E-state index in [2.05, 4.69) is 5.32 Å². The van der Waals surface area contributed by atoms with Gasteiger partial charge in [0.1, 0.15) is 12.3 Å². The molecule has 1 aliphatic rings. The summed E-state index contributed by atoms with van der Waals surface area (Å²) in [5, 5.41) is 12.6. The van der Waals surface area contributed by atoms with Gasteiger partial charge in [0.05, 0.1) is 5.56 Å². The van der Waals surface area contributed by atoms with Crippen molar-refractivity contribution in [3.8, 4) is 0 Å². The average molecular weight is 366 g/mol. The molecule has 0 fully saturated rings. The third-order valence-corrected chi connectivity index (χ3v) is 4.85. The van der Waals surface area contributed by atoms with Crippen molar-refractivity contribution in [2.24, 2.45) is 0 Å². The number of anilines is 1. The van der Waals surface area contributed by atoms with Gasteiger partial charge in [0.15, 0.2) is 11.5 Å². The normalized spacial score (nSPS) is 13.6. The Morgan fingerprint density at radius 1 is 1.26 bits per heavy atom. The number of amides is 1. The highest BCUT2D eigenvalue weighted by molar-refractivity contribution is 6.08. The molecule has 0 spiro atoms. The molecule has 4 rings (SSSR count). The fourth-order valence-electron chi connectivity index (χ4n) is 3.61. The lowest BCUT2D eigenvalue weighted by Crippen LogP contribution is -2.13. The van der Waals surface area contributed by atoms with Crippen molar-refractivity contribution in [2.75, 3.05) is 5.32 Å². The number of nitrogens with one attached hydrogen (secondary N) is 1. The van der Waals surface area contributed by atoms with Gasteiger partial charge in [-0.15, -0.1) is 0 Å². The van der Waals surface area contributed by atoms with Crippen molar-refractivity contribution < 1.29 is 23.9 Å². The Morgan fingerprint density at radius 2 is 2.07 bits per heavy atom. The number of fused-ring (bicyclic) bond motifs is 2. The molecule has 3 aromatic rings. The molecular weight excluding hydrogens is 348 g/mol. The van der Waals surface area contributed by atoms with Gasteiger partial charge in [0, 0.05) is 41.2 Å². The van der Waals surface area contributed by atoms with E-state index < -0.39 is 11.9 Å². The van der Waals surface area contributed by atoms with Crippen LogP contribution in [0.1, 0.15) is 45.1 Å². The number of aliphatic carboxylic acids is 1. The number of carbonyl (C=O) groups excluding carboxylic acids is 2. The highest BCUT2D eigenvalue weighted by atomic mass is 16.4. The van der Waals surface area contributed by atoms with Crippen molar-refractivity contribution in [3.63, 3.8) is 0 Å². The number of hydrogen-bond acceptors (Lipinski definition) is 4. The fourth-order valence-corrected chi connectivity index (χ4v) is 3.61. The number of carboxylic acid groups (broad SMARTS) is 1. The van der Waals surface area contributed by atoms with E-state index in [1.165, 1.54) is 0 Å². The zero-order chi connectivity index (χ0) is 19.1. The summed E-state index contributed by atoms with van der Waals surface area (Å²) in [4.78, 5) is 35.6. The number of aryl methyl sites for hydroxylation is 1. The van der Waals surface area contributed by atoms with Gasteiger partial charge in [0.25, 0.3) is 5.91 Å². The summed E-state index contributed by atoms with van der Waals surface area (Å²) in [6, 6.07) is 7.04. The summed E-state index contributed by atoms with van der Waals surface area (Å²) >= 11 is 0. The maximum absolute atomic E-state index is 12.6. The van der Waals surface area contributed by atoms with Crippen LogP contribution in [0.25, 0.3) is 10.9 Å². The van der Waals surface area contributed by atoms with Crippen molar-refractivity contribution in [3.05, 3.63) is 53.1 Å². The van der Waals surface area contributed by atoms with Gasteiger partial charge in [-0.2, -0.15) is 0 Å². The third kappa shape index (κ3) is 3.01. The van der Waals surface area contributed by atoms with Crippen LogP contribution >= 0.6 is 0 Å². The van der Waals surface area contributed by atoms with Crippen LogP contribution < -0.4 is 5.32 Å². The Hall–Kier alpha value is -3.35. The monoisotopic (exact) mass is 366 g/mol. The molecule has 0 saturated heterocycles. The highest BCUT2D eigenvalue weighted by Gasteiger charge is 2.28. The fraction of sp³-hybridized carbons (Fsp3) is 0.250. The van der Waals surface area contributed by atoms with Crippen molar-refractivity contribution in [1.82, 2.24) is 4.57 Å². The van der Waals surface area contributed by atoms with E-state index in [9.17, 15) is 14.4 Å². The number of rotatable bonds is 4. The zero-order valence-electron chi connectivity index (χ0n) is 14.7. The Morgan fingerprint density at radius 3 is 2.81 bits per heavy atom. The largest absolute Gasteiger partial charge is 0.480 e. The molecule has 138 valence electrons. The quantitative estimate of drug-likeness (QED) is 0.737. The molecular formula is C20H18N2O5. The Balaban J connectivity index is 1.60. The number of aromatic nitrogens is 1. The van der Waals surface area contributed by atoms with Crippen LogP contribution in [0.4, 0.5) is 5.69 Å². The predicted molar refractivity (Wildman–Crippen MR) is 98.2 cm³/mol. The molecule has 0 unspecified atom stereocenters. The van der Waals surface area contributed by atoms with Crippen LogP contribution in [0.3, 0.4) is 0 Å². The summed E-state index contributed by atoms with van der Waals surface area (Å²) in [7, 11) is 0. The summed E-state index contributed by atoms with van der Waals surface area (Å²) in [6.07, 6.45) is 3.58. The molecule has 7 heteroatoms. The number of benzene rings is 1. The lowest BCUT2D eigenvalue weighted by molar-refractivity contribution is -0.137. The standard InChI is InChI=1S/C20H18N2O5/c1-11-18-15(23)3-2-4-16(18)27-19(11)20(26)21-13-5-6-14-12(9-13)7-8-22(14)10-17(24)25/h5-9H,2-4,10H2,1H3,(H,21,26)(H,24,25). The van der Waals surface area contributed by atoms with E-state index >= 15 is 0 Å². The van der Waals surface area contributed by atoms with Gasteiger partial charge in [-0.1, -0.05) is 0 Å². The lowest BCUT2D eigenvalue weighted by atomic mass is 9.94. The van der Waals surface area contributed by atoms with Gasteiger partial charge in [0.2, 0.25) is 0 Å². The number of ketones is 1. The van der Waals surface area contributed by atoms with Gasteiger partial charge in [-0.05, 0) is 37.6 Å². The first-order valence-electron chi connectivity index (χ1n) is 8.71. The van der Waals surface area contributed by atoms with Crippen LogP contribution in [-0.4, -0.2) is 27.3 Å². The van der Waals surface area contributed by atoms with Crippen LogP contribution in [-0.2, 0) is 17.8 Å². The Bertz CT molecular complexity index is 1090. The molecule has 0 radical (unpaired) electrons. The van der Waals surface area contributed by atoms with Gasteiger partial charge >= 0.3 is 5.97 Å². The molecule has 2 heterocycles. The van der Waals surface area contributed by atoms with Gasteiger partial charge in [-0.3, -0.25) is 14.4 Å². The van der Waals surface area contributed by atoms with Crippen molar-refractivity contribution in [2.45, 2.75) is 32.7 Å². The second-order valence-electron chi connectivity index (χ2n) is 6.70. The predicted octanol–water partition coefficient (Wildman–Crippen LogP) is 3.40. The van der Waals surface area contributed by atoms with Gasteiger partial charge < -0.3 is 19.4 Å². The minimum absolute atomic E-state index is 0.0257. The number of carboxylic acids is 1. The van der Waals surface area contributed by atoms with Crippen LogP contribution in [0.2, 0.25) is 0 Å². The smallest absolute Gasteiger partial charge is 0.323 e. The summed E-state index contributed by atoms with van der Waals surface area (Å²) in [5.41, 5.74) is 2.47.